The summed E-state index contributed by atoms with van der Waals surface area (Å²) in [7, 11) is 0. The first-order chi connectivity index (χ1) is 12.8. The lowest BCUT2D eigenvalue weighted by Crippen LogP contribution is -1.87. The van der Waals surface area contributed by atoms with E-state index in [1.54, 1.807) is 0 Å². The zero-order valence-corrected chi connectivity index (χ0v) is 19.1. The van der Waals surface area contributed by atoms with Crippen molar-refractivity contribution < 1.29 is 0 Å². The fourth-order valence-electron chi connectivity index (χ4n) is 3.98. The Morgan fingerprint density at radius 1 is 0.346 bits per heavy atom. The molecule has 0 aromatic heterocycles. The molecule has 0 heteroatoms. The molecule has 0 saturated heterocycles. The first-order valence-electron chi connectivity index (χ1n) is 12.8. The summed E-state index contributed by atoms with van der Waals surface area (Å²) in [6.45, 7) is 6.99. The smallest absolute Gasteiger partial charge is 0.0471 e. The van der Waals surface area contributed by atoms with Crippen molar-refractivity contribution in [3.8, 4) is 0 Å². The molecule has 26 heavy (non-hydrogen) atoms. The molecule has 0 rings (SSSR count). The Balaban J connectivity index is 2.97. The molecule has 0 aliphatic rings. The molecule has 0 aliphatic heterocycles. The lowest BCUT2D eigenvalue weighted by Gasteiger charge is -2.05. The first kappa shape index (κ1) is 26.0. The molecule has 0 unspecified atom stereocenters. The number of hydrogen-bond donors (Lipinski definition) is 0. The molecular formula is C26H54. The van der Waals surface area contributed by atoms with Crippen molar-refractivity contribution in [2.45, 2.75) is 162 Å². The summed E-state index contributed by atoms with van der Waals surface area (Å²) >= 11 is 0. The molecule has 0 atom stereocenters. The molecule has 0 fully saturated rings. The molecule has 158 valence electrons. The van der Waals surface area contributed by atoms with E-state index >= 15 is 0 Å². The van der Waals surface area contributed by atoms with E-state index in [0.29, 0.717) is 0 Å². The highest BCUT2D eigenvalue weighted by Crippen LogP contribution is 2.15. The highest BCUT2D eigenvalue weighted by Gasteiger charge is 1.96. The molecule has 0 N–H and O–H groups in total. The molecule has 0 amide bonds. The third kappa shape index (κ3) is 24.0. The van der Waals surface area contributed by atoms with Gasteiger partial charge >= 0.3 is 0 Å². The van der Waals surface area contributed by atoms with Crippen LogP contribution in [0, 0.1) is 5.92 Å². The average Bonchev–Trinajstić information content (AvgIpc) is 2.62. The van der Waals surface area contributed by atoms with Crippen LogP contribution in [-0.4, -0.2) is 0 Å². The van der Waals surface area contributed by atoms with Crippen LogP contribution in [0.25, 0.3) is 0 Å². The minimum atomic E-state index is 0.898. The largest absolute Gasteiger partial charge is 0.0654 e. The Hall–Kier alpha value is 0. The second-order valence-electron chi connectivity index (χ2n) is 9.25. The van der Waals surface area contributed by atoms with Crippen LogP contribution in [0.2, 0.25) is 0 Å². The predicted molar refractivity (Wildman–Crippen MR) is 122 cm³/mol. The van der Waals surface area contributed by atoms with Crippen molar-refractivity contribution in [3.05, 3.63) is 0 Å². The van der Waals surface area contributed by atoms with Gasteiger partial charge in [0.25, 0.3) is 0 Å². The topological polar surface area (TPSA) is 0 Å². The number of rotatable bonds is 22. The van der Waals surface area contributed by atoms with Gasteiger partial charge in [-0.1, -0.05) is 162 Å². The third-order valence-corrected chi connectivity index (χ3v) is 5.89. The van der Waals surface area contributed by atoms with Gasteiger partial charge in [-0.25, -0.2) is 0 Å². The van der Waals surface area contributed by atoms with Gasteiger partial charge in [-0.05, 0) is 5.92 Å². The minimum Gasteiger partial charge on any atom is -0.0654 e. The Morgan fingerprint density at radius 3 is 0.808 bits per heavy atom. The lowest BCUT2D eigenvalue weighted by atomic mass is 10.0. The Bertz CT molecular complexity index is 230. The number of unbranched alkanes of at least 4 members (excludes halogenated alkanes) is 20. The Labute approximate surface area is 168 Å². The molecule has 0 bridgehead atoms. The zero-order valence-electron chi connectivity index (χ0n) is 19.1. The van der Waals surface area contributed by atoms with Crippen LogP contribution in [0.15, 0.2) is 0 Å². The monoisotopic (exact) mass is 366 g/mol. The maximum Gasteiger partial charge on any atom is -0.0471 e. The lowest BCUT2D eigenvalue weighted by molar-refractivity contribution is 0.501. The van der Waals surface area contributed by atoms with E-state index in [2.05, 4.69) is 20.8 Å². The van der Waals surface area contributed by atoms with Gasteiger partial charge in [0.2, 0.25) is 0 Å². The second kappa shape index (κ2) is 23.0. The molecule has 0 aromatic carbocycles. The van der Waals surface area contributed by atoms with E-state index in [-0.39, 0.29) is 0 Å². The summed E-state index contributed by atoms with van der Waals surface area (Å²) in [5.41, 5.74) is 0. The summed E-state index contributed by atoms with van der Waals surface area (Å²) in [6.07, 6.45) is 32.4. The summed E-state index contributed by atoms with van der Waals surface area (Å²) in [5.74, 6) is 0.898. The second-order valence-corrected chi connectivity index (χ2v) is 9.25. The molecule has 0 saturated carbocycles. The highest BCUT2D eigenvalue weighted by molar-refractivity contribution is 4.51. The van der Waals surface area contributed by atoms with E-state index in [0.717, 1.165) is 5.92 Å². The van der Waals surface area contributed by atoms with Gasteiger partial charge in [0.05, 0.1) is 0 Å². The van der Waals surface area contributed by atoms with Gasteiger partial charge in [0, 0.05) is 0 Å². The predicted octanol–water partition coefficient (Wildman–Crippen LogP) is 10.2. The maximum absolute atomic E-state index is 2.34. The Kier molecular flexibility index (Phi) is 23.0. The Morgan fingerprint density at radius 2 is 0.577 bits per heavy atom. The molecule has 0 radical (unpaired) electrons. The van der Waals surface area contributed by atoms with Crippen molar-refractivity contribution in [2.24, 2.45) is 5.92 Å². The summed E-state index contributed by atoms with van der Waals surface area (Å²) < 4.78 is 0. The molecule has 0 heterocycles. The van der Waals surface area contributed by atoms with Crippen molar-refractivity contribution in [1.29, 1.82) is 0 Å². The first-order valence-corrected chi connectivity index (χ1v) is 12.8. The molecule has 0 aliphatic carbocycles. The van der Waals surface area contributed by atoms with E-state index in [4.69, 9.17) is 0 Å². The van der Waals surface area contributed by atoms with Crippen molar-refractivity contribution in [3.63, 3.8) is 0 Å². The summed E-state index contributed by atoms with van der Waals surface area (Å²) in [6, 6.07) is 0. The fourth-order valence-corrected chi connectivity index (χ4v) is 3.98. The van der Waals surface area contributed by atoms with Crippen LogP contribution in [0.4, 0.5) is 0 Å². The van der Waals surface area contributed by atoms with E-state index in [1.165, 1.54) is 141 Å². The standard InChI is InChI=1S/C26H54/c1-4-5-6-7-8-9-10-11-12-13-14-15-16-17-18-19-20-21-22-23-24-25-26(2)3/h26H,4-25H2,1-3H3. The minimum absolute atomic E-state index is 0.898. The molecule has 0 spiro atoms. The molecule has 0 nitrogen and oxygen atoms in total. The summed E-state index contributed by atoms with van der Waals surface area (Å²) in [5, 5.41) is 0. The van der Waals surface area contributed by atoms with Crippen molar-refractivity contribution in [2.75, 3.05) is 0 Å². The van der Waals surface area contributed by atoms with Crippen LogP contribution in [0.3, 0.4) is 0 Å². The van der Waals surface area contributed by atoms with E-state index in [1.807, 2.05) is 0 Å². The van der Waals surface area contributed by atoms with Crippen molar-refractivity contribution >= 4 is 0 Å². The van der Waals surface area contributed by atoms with Gasteiger partial charge in [-0.15, -0.1) is 0 Å². The van der Waals surface area contributed by atoms with Gasteiger partial charge < -0.3 is 0 Å². The van der Waals surface area contributed by atoms with Crippen LogP contribution >= 0.6 is 0 Å². The quantitative estimate of drug-likeness (QED) is 0.167. The van der Waals surface area contributed by atoms with E-state index < -0.39 is 0 Å². The van der Waals surface area contributed by atoms with E-state index in [9.17, 15) is 0 Å². The van der Waals surface area contributed by atoms with Gasteiger partial charge in [-0.3, -0.25) is 0 Å². The third-order valence-electron chi connectivity index (χ3n) is 5.89. The molecule has 0 aromatic rings. The van der Waals surface area contributed by atoms with Gasteiger partial charge in [0.1, 0.15) is 0 Å². The van der Waals surface area contributed by atoms with Gasteiger partial charge in [0.15, 0.2) is 0 Å². The zero-order chi connectivity index (χ0) is 19.1. The van der Waals surface area contributed by atoms with Crippen LogP contribution < -0.4 is 0 Å². The normalized spacial score (nSPS) is 11.5. The van der Waals surface area contributed by atoms with Crippen LogP contribution in [0.5, 0.6) is 0 Å². The number of hydrogen-bond acceptors (Lipinski definition) is 0. The maximum atomic E-state index is 2.34. The van der Waals surface area contributed by atoms with Crippen LogP contribution in [0.1, 0.15) is 162 Å². The molecular weight excluding hydrogens is 312 g/mol. The summed E-state index contributed by atoms with van der Waals surface area (Å²) in [4.78, 5) is 0. The average molecular weight is 367 g/mol. The van der Waals surface area contributed by atoms with Gasteiger partial charge in [-0.2, -0.15) is 0 Å². The SMILES string of the molecule is CCCCCCCCCCCCCCCCCCCCCCCC(C)C. The van der Waals surface area contributed by atoms with Crippen molar-refractivity contribution in [1.82, 2.24) is 0 Å². The van der Waals surface area contributed by atoms with Crippen LogP contribution in [-0.2, 0) is 0 Å². The highest BCUT2D eigenvalue weighted by atomic mass is 14.0. The fraction of sp³-hybridized carbons (Fsp3) is 1.00.